The van der Waals surface area contributed by atoms with Crippen molar-refractivity contribution in [3.8, 4) is 11.5 Å². The van der Waals surface area contributed by atoms with Crippen LogP contribution in [0.2, 0.25) is 0 Å². The van der Waals surface area contributed by atoms with E-state index in [9.17, 15) is 9.59 Å². The van der Waals surface area contributed by atoms with Gasteiger partial charge in [-0.15, -0.1) is 0 Å². The SMILES string of the molecule is CCCCOC(=O)c1ccc(NC(=O)c2ccc(OC)c(COc3ccccc3)c2)cc1. The third-order valence-corrected chi connectivity index (χ3v) is 4.79. The number of methoxy groups -OCH3 is 1. The number of benzene rings is 3. The van der Waals surface area contributed by atoms with Crippen LogP contribution in [0.3, 0.4) is 0 Å². The van der Waals surface area contributed by atoms with Crippen molar-refractivity contribution in [1.82, 2.24) is 0 Å². The molecular formula is C26H27NO5. The fraction of sp³-hybridized carbons (Fsp3) is 0.231. The van der Waals surface area contributed by atoms with E-state index < -0.39 is 0 Å². The highest BCUT2D eigenvalue weighted by atomic mass is 16.5. The van der Waals surface area contributed by atoms with Crippen molar-refractivity contribution in [1.29, 1.82) is 0 Å². The molecule has 0 atom stereocenters. The number of rotatable bonds is 10. The number of amides is 1. The van der Waals surface area contributed by atoms with Gasteiger partial charge in [0.15, 0.2) is 0 Å². The molecule has 0 heterocycles. The van der Waals surface area contributed by atoms with Gasteiger partial charge in [-0.3, -0.25) is 4.79 Å². The van der Waals surface area contributed by atoms with Crippen LogP contribution in [0.25, 0.3) is 0 Å². The van der Waals surface area contributed by atoms with Crippen molar-refractivity contribution in [3.63, 3.8) is 0 Å². The maximum absolute atomic E-state index is 12.7. The Morgan fingerprint density at radius 3 is 2.31 bits per heavy atom. The van der Waals surface area contributed by atoms with Crippen LogP contribution < -0.4 is 14.8 Å². The first-order chi connectivity index (χ1) is 15.6. The van der Waals surface area contributed by atoms with E-state index in [0.717, 1.165) is 24.2 Å². The van der Waals surface area contributed by atoms with E-state index in [1.165, 1.54) is 0 Å². The van der Waals surface area contributed by atoms with Gasteiger partial charge in [0.1, 0.15) is 18.1 Å². The van der Waals surface area contributed by atoms with Gasteiger partial charge in [-0.25, -0.2) is 4.79 Å². The molecule has 6 heteroatoms. The third-order valence-electron chi connectivity index (χ3n) is 4.79. The van der Waals surface area contributed by atoms with Crippen LogP contribution in [0.4, 0.5) is 5.69 Å². The Bertz CT molecular complexity index is 1030. The van der Waals surface area contributed by atoms with Gasteiger partial charge in [-0.2, -0.15) is 0 Å². The molecule has 1 N–H and O–H groups in total. The molecule has 0 unspecified atom stereocenters. The van der Waals surface area contributed by atoms with Crippen molar-refractivity contribution in [2.24, 2.45) is 0 Å². The minimum absolute atomic E-state index is 0.267. The molecule has 0 fully saturated rings. The molecule has 0 aliphatic heterocycles. The van der Waals surface area contributed by atoms with Crippen molar-refractivity contribution in [2.45, 2.75) is 26.4 Å². The summed E-state index contributed by atoms with van der Waals surface area (Å²) in [6.07, 6.45) is 1.80. The van der Waals surface area contributed by atoms with E-state index in [0.29, 0.717) is 29.2 Å². The number of ether oxygens (including phenoxy) is 3. The third kappa shape index (κ3) is 6.35. The van der Waals surface area contributed by atoms with Gasteiger partial charge in [0.05, 0.1) is 19.3 Å². The fourth-order valence-corrected chi connectivity index (χ4v) is 3.00. The van der Waals surface area contributed by atoms with Crippen molar-refractivity contribution in [3.05, 3.63) is 89.5 Å². The highest BCUT2D eigenvalue weighted by Gasteiger charge is 2.12. The second-order valence-corrected chi connectivity index (χ2v) is 7.15. The Balaban J connectivity index is 1.64. The molecule has 0 saturated heterocycles. The molecule has 0 radical (unpaired) electrons. The Kier molecular flexibility index (Phi) is 8.26. The first kappa shape index (κ1) is 22.9. The number of hydrogen-bond donors (Lipinski definition) is 1. The summed E-state index contributed by atoms with van der Waals surface area (Å²) in [5, 5.41) is 2.84. The molecule has 0 aromatic heterocycles. The number of para-hydroxylation sites is 1. The number of carbonyl (C=O) groups is 2. The molecule has 3 rings (SSSR count). The maximum atomic E-state index is 12.7. The molecule has 0 aliphatic carbocycles. The van der Waals surface area contributed by atoms with Gasteiger partial charge >= 0.3 is 5.97 Å². The summed E-state index contributed by atoms with van der Waals surface area (Å²) in [7, 11) is 1.58. The summed E-state index contributed by atoms with van der Waals surface area (Å²) in [5.74, 6) is 0.738. The zero-order valence-electron chi connectivity index (χ0n) is 18.3. The summed E-state index contributed by atoms with van der Waals surface area (Å²) in [6, 6.07) is 21.3. The molecule has 3 aromatic rings. The lowest BCUT2D eigenvalue weighted by Gasteiger charge is -2.12. The molecule has 0 aliphatic rings. The normalized spacial score (nSPS) is 10.3. The summed E-state index contributed by atoms with van der Waals surface area (Å²) in [5.41, 5.74) is 2.26. The summed E-state index contributed by atoms with van der Waals surface area (Å²) in [6.45, 7) is 2.71. The van der Waals surface area contributed by atoms with Crippen molar-refractivity contribution < 1.29 is 23.8 Å². The predicted molar refractivity (Wildman–Crippen MR) is 123 cm³/mol. The van der Waals surface area contributed by atoms with Gasteiger partial charge in [0, 0.05) is 16.8 Å². The van der Waals surface area contributed by atoms with Crippen LogP contribution in [0, 0.1) is 0 Å². The lowest BCUT2D eigenvalue weighted by molar-refractivity contribution is 0.0499. The number of esters is 1. The Labute approximate surface area is 188 Å². The lowest BCUT2D eigenvalue weighted by Crippen LogP contribution is -2.13. The van der Waals surface area contributed by atoms with Gasteiger partial charge < -0.3 is 19.5 Å². The highest BCUT2D eigenvalue weighted by Crippen LogP contribution is 2.23. The molecule has 0 spiro atoms. The number of unbranched alkanes of at least 4 members (excludes halogenated alkanes) is 1. The van der Waals surface area contributed by atoms with E-state index in [-0.39, 0.29) is 18.5 Å². The lowest BCUT2D eigenvalue weighted by atomic mass is 10.1. The van der Waals surface area contributed by atoms with Crippen LogP contribution in [-0.2, 0) is 11.3 Å². The van der Waals surface area contributed by atoms with Crippen molar-refractivity contribution >= 4 is 17.6 Å². The fourth-order valence-electron chi connectivity index (χ4n) is 3.00. The standard InChI is InChI=1S/C26H27NO5/c1-3-4-16-31-26(29)19-10-13-22(14-11-19)27-25(28)20-12-15-24(30-2)21(17-20)18-32-23-8-6-5-7-9-23/h5-15,17H,3-4,16,18H2,1-2H3,(H,27,28). The molecule has 32 heavy (non-hydrogen) atoms. The second-order valence-electron chi connectivity index (χ2n) is 7.15. The average molecular weight is 434 g/mol. The molecule has 166 valence electrons. The summed E-state index contributed by atoms with van der Waals surface area (Å²) in [4.78, 5) is 24.8. The quantitative estimate of drug-likeness (QED) is 0.338. The summed E-state index contributed by atoms with van der Waals surface area (Å²) < 4.78 is 16.4. The summed E-state index contributed by atoms with van der Waals surface area (Å²) >= 11 is 0. The van der Waals surface area contributed by atoms with Crippen molar-refractivity contribution in [2.75, 3.05) is 19.0 Å². The molecule has 1 amide bonds. The monoisotopic (exact) mass is 433 g/mol. The van der Waals surface area contributed by atoms with Crippen LogP contribution in [0.1, 0.15) is 46.0 Å². The molecule has 6 nitrogen and oxygen atoms in total. The van der Waals surface area contributed by atoms with Gasteiger partial charge in [-0.05, 0) is 61.0 Å². The van der Waals surface area contributed by atoms with E-state index >= 15 is 0 Å². The Hall–Kier alpha value is -3.80. The maximum Gasteiger partial charge on any atom is 0.338 e. The van der Waals surface area contributed by atoms with E-state index in [1.54, 1.807) is 49.6 Å². The second kappa shape index (κ2) is 11.6. The van der Waals surface area contributed by atoms with Gasteiger partial charge in [-0.1, -0.05) is 31.5 Å². The number of anilines is 1. The molecule has 0 saturated carbocycles. The van der Waals surface area contributed by atoms with E-state index in [4.69, 9.17) is 14.2 Å². The number of nitrogens with one attached hydrogen (secondary N) is 1. The largest absolute Gasteiger partial charge is 0.496 e. The zero-order chi connectivity index (χ0) is 22.8. The van der Waals surface area contributed by atoms with Gasteiger partial charge in [0.2, 0.25) is 0 Å². The molecule has 0 bridgehead atoms. The highest BCUT2D eigenvalue weighted by molar-refractivity contribution is 6.04. The van der Waals surface area contributed by atoms with Crippen LogP contribution >= 0.6 is 0 Å². The smallest absolute Gasteiger partial charge is 0.338 e. The predicted octanol–water partition coefficient (Wildman–Crippen LogP) is 5.48. The average Bonchev–Trinajstić information content (AvgIpc) is 2.83. The number of carbonyl (C=O) groups excluding carboxylic acids is 2. The Morgan fingerprint density at radius 2 is 1.62 bits per heavy atom. The van der Waals surface area contributed by atoms with E-state index in [1.807, 2.05) is 37.3 Å². The zero-order valence-corrected chi connectivity index (χ0v) is 18.3. The molecular weight excluding hydrogens is 406 g/mol. The van der Waals surface area contributed by atoms with Crippen LogP contribution in [0.15, 0.2) is 72.8 Å². The first-order valence-corrected chi connectivity index (χ1v) is 10.5. The Morgan fingerprint density at radius 1 is 0.906 bits per heavy atom. The first-order valence-electron chi connectivity index (χ1n) is 10.5. The topological polar surface area (TPSA) is 73.9 Å². The number of hydrogen-bond acceptors (Lipinski definition) is 5. The van der Waals surface area contributed by atoms with E-state index in [2.05, 4.69) is 5.32 Å². The van der Waals surface area contributed by atoms with Gasteiger partial charge in [0.25, 0.3) is 5.91 Å². The minimum atomic E-state index is -0.366. The molecule has 3 aromatic carbocycles. The van der Waals surface area contributed by atoms with Crippen LogP contribution in [-0.4, -0.2) is 25.6 Å². The minimum Gasteiger partial charge on any atom is -0.496 e. The van der Waals surface area contributed by atoms with Crippen LogP contribution in [0.5, 0.6) is 11.5 Å².